The van der Waals surface area contributed by atoms with Gasteiger partial charge in [-0.3, -0.25) is 14.4 Å². The second kappa shape index (κ2) is 6.51. The molecule has 0 aliphatic rings. The summed E-state index contributed by atoms with van der Waals surface area (Å²) in [5, 5.41) is 9.74. The maximum absolute atomic E-state index is 12.5. The van der Waals surface area contributed by atoms with E-state index < -0.39 is 17.4 Å². The summed E-state index contributed by atoms with van der Waals surface area (Å²) >= 11 is 0. The Morgan fingerprint density at radius 2 is 1.96 bits per heavy atom. The number of carbonyl (C=O) groups is 2. The second-order valence-electron chi connectivity index (χ2n) is 5.81. The van der Waals surface area contributed by atoms with Gasteiger partial charge in [-0.1, -0.05) is 6.07 Å². The number of hydrogen-bond acceptors (Lipinski definition) is 6. The lowest BCUT2D eigenvalue weighted by Gasteiger charge is -2.23. The van der Waals surface area contributed by atoms with E-state index in [1.54, 1.807) is 19.1 Å². The van der Waals surface area contributed by atoms with Crippen molar-refractivity contribution in [3.05, 3.63) is 58.4 Å². The number of carboxylic acid groups (broad SMARTS) is 1. The van der Waals surface area contributed by atoms with E-state index in [1.165, 1.54) is 37.5 Å². The summed E-state index contributed by atoms with van der Waals surface area (Å²) in [5.41, 5.74) is -1.93. The number of carboxylic acids is 1. The molecule has 3 aromatic rings. The summed E-state index contributed by atoms with van der Waals surface area (Å²) in [4.78, 5) is 36.4. The highest BCUT2D eigenvalue weighted by Gasteiger charge is 2.45. The van der Waals surface area contributed by atoms with Gasteiger partial charge in [0.1, 0.15) is 5.58 Å². The van der Waals surface area contributed by atoms with Gasteiger partial charge in [-0.2, -0.15) is 0 Å². The minimum atomic E-state index is -1.93. The van der Waals surface area contributed by atoms with E-state index in [1.807, 2.05) is 0 Å². The SMILES string of the molecule is CCOC(=O)C(C)(C(=O)O)c1ccc2oc(-c3ccco3)cc(=O)c2c1. The quantitative estimate of drug-likeness (QED) is 0.553. The van der Waals surface area contributed by atoms with Gasteiger partial charge in [-0.15, -0.1) is 0 Å². The molecule has 3 rings (SSSR count). The number of ether oxygens (including phenoxy) is 1. The lowest BCUT2D eigenvalue weighted by molar-refractivity contribution is -0.160. The van der Waals surface area contributed by atoms with Crippen molar-refractivity contribution < 1.29 is 28.3 Å². The number of esters is 1. The van der Waals surface area contributed by atoms with Crippen LogP contribution in [0.15, 0.2) is 56.3 Å². The van der Waals surface area contributed by atoms with E-state index in [4.69, 9.17) is 13.6 Å². The summed E-state index contributed by atoms with van der Waals surface area (Å²) < 4.78 is 15.8. The fourth-order valence-corrected chi connectivity index (χ4v) is 2.61. The molecule has 7 heteroatoms. The van der Waals surface area contributed by atoms with Gasteiger partial charge in [-0.25, -0.2) is 0 Å². The van der Waals surface area contributed by atoms with Gasteiger partial charge in [0.2, 0.25) is 0 Å². The molecular weight excluding hydrogens is 340 g/mol. The van der Waals surface area contributed by atoms with Crippen LogP contribution in [0.2, 0.25) is 0 Å². The molecule has 0 saturated carbocycles. The Morgan fingerprint density at radius 1 is 1.19 bits per heavy atom. The maximum atomic E-state index is 12.5. The highest BCUT2D eigenvalue weighted by atomic mass is 16.5. The van der Waals surface area contributed by atoms with E-state index in [9.17, 15) is 19.5 Å². The lowest BCUT2D eigenvalue weighted by atomic mass is 9.82. The van der Waals surface area contributed by atoms with E-state index in [2.05, 4.69) is 0 Å². The van der Waals surface area contributed by atoms with Crippen LogP contribution >= 0.6 is 0 Å². The number of aliphatic carboxylic acids is 1. The Bertz CT molecular complexity index is 1030. The van der Waals surface area contributed by atoms with Crippen molar-refractivity contribution in [2.75, 3.05) is 6.61 Å². The van der Waals surface area contributed by atoms with Crippen molar-refractivity contribution in [2.24, 2.45) is 0 Å². The smallest absolute Gasteiger partial charge is 0.327 e. The predicted octanol–water partition coefficient (Wildman–Crippen LogP) is 2.96. The Balaban J connectivity index is 2.16. The molecule has 0 aliphatic carbocycles. The fraction of sp³-hybridized carbons (Fsp3) is 0.211. The Labute approximate surface area is 147 Å². The van der Waals surface area contributed by atoms with Crippen molar-refractivity contribution in [1.29, 1.82) is 0 Å². The molecule has 26 heavy (non-hydrogen) atoms. The van der Waals surface area contributed by atoms with Crippen LogP contribution in [0, 0.1) is 0 Å². The number of fused-ring (bicyclic) bond motifs is 1. The van der Waals surface area contributed by atoms with Gasteiger partial charge >= 0.3 is 11.9 Å². The first-order valence-corrected chi connectivity index (χ1v) is 7.90. The summed E-state index contributed by atoms with van der Waals surface area (Å²) in [7, 11) is 0. The monoisotopic (exact) mass is 356 g/mol. The minimum absolute atomic E-state index is 0.0456. The minimum Gasteiger partial charge on any atom is -0.480 e. The van der Waals surface area contributed by atoms with Gasteiger partial charge in [0.05, 0.1) is 18.3 Å². The molecular formula is C19H16O7. The molecule has 134 valence electrons. The van der Waals surface area contributed by atoms with Crippen LogP contribution in [-0.4, -0.2) is 23.7 Å². The van der Waals surface area contributed by atoms with Gasteiger partial charge in [0.15, 0.2) is 22.4 Å². The van der Waals surface area contributed by atoms with Crippen LogP contribution in [0.4, 0.5) is 0 Å². The first-order valence-electron chi connectivity index (χ1n) is 7.90. The summed E-state index contributed by atoms with van der Waals surface area (Å²) in [6.45, 7) is 2.88. The maximum Gasteiger partial charge on any atom is 0.327 e. The third-order valence-corrected chi connectivity index (χ3v) is 4.18. The van der Waals surface area contributed by atoms with Crippen molar-refractivity contribution in [1.82, 2.24) is 0 Å². The molecule has 2 aromatic heterocycles. The van der Waals surface area contributed by atoms with E-state index in [0.717, 1.165) is 0 Å². The number of benzene rings is 1. The first-order chi connectivity index (χ1) is 12.4. The highest BCUT2D eigenvalue weighted by molar-refractivity contribution is 6.05. The molecule has 0 amide bonds. The zero-order chi connectivity index (χ0) is 18.9. The zero-order valence-corrected chi connectivity index (χ0v) is 14.1. The van der Waals surface area contributed by atoms with Crippen LogP contribution in [0.1, 0.15) is 19.4 Å². The van der Waals surface area contributed by atoms with Gasteiger partial charge in [0, 0.05) is 6.07 Å². The molecule has 0 radical (unpaired) electrons. The Kier molecular flexibility index (Phi) is 4.38. The van der Waals surface area contributed by atoms with Gasteiger partial charge in [-0.05, 0) is 43.7 Å². The number of rotatable bonds is 5. The highest BCUT2D eigenvalue weighted by Crippen LogP contribution is 2.30. The molecule has 0 spiro atoms. The number of furan rings is 1. The first kappa shape index (κ1) is 17.5. The fourth-order valence-electron chi connectivity index (χ4n) is 2.61. The molecule has 7 nitrogen and oxygen atoms in total. The summed E-state index contributed by atoms with van der Waals surface area (Å²) in [5.74, 6) is -1.61. The molecule has 0 saturated heterocycles. The Morgan fingerprint density at radius 3 is 2.58 bits per heavy atom. The second-order valence-corrected chi connectivity index (χ2v) is 5.81. The largest absolute Gasteiger partial charge is 0.480 e. The molecule has 0 aliphatic heterocycles. The zero-order valence-electron chi connectivity index (χ0n) is 14.1. The summed E-state index contributed by atoms with van der Waals surface area (Å²) in [6, 6.07) is 8.81. The van der Waals surface area contributed by atoms with Crippen molar-refractivity contribution in [3.63, 3.8) is 0 Å². The molecule has 1 atom stereocenters. The standard InChI is InChI=1S/C19H16O7/c1-3-24-18(23)19(2,17(21)22)11-6-7-14-12(9-11)13(20)10-16(26-14)15-5-4-8-25-15/h4-10H,3H2,1-2H3,(H,21,22). The van der Waals surface area contributed by atoms with Gasteiger partial charge < -0.3 is 18.7 Å². The lowest BCUT2D eigenvalue weighted by Crippen LogP contribution is -2.42. The van der Waals surface area contributed by atoms with Crippen LogP contribution < -0.4 is 5.43 Å². The molecule has 1 unspecified atom stereocenters. The van der Waals surface area contributed by atoms with Crippen molar-refractivity contribution in [2.45, 2.75) is 19.3 Å². The topological polar surface area (TPSA) is 107 Å². The van der Waals surface area contributed by atoms with E-state index in [-0.39, 0.29) is 34.3 Å². The molecule has 1 aromatic carbocycles. The molecule has 0 bridgehead atoms. The molecule has 2 heterocycles. The average Bonchev–Trinajstić information content (AvgIpc) is 3.15. The van der Waals surface area contributed by atoms with Crippen molar-refractivity contribution in [3.8, 4) is 11.5 Å². The number of hydrogen-bond donors (Lipinski definition) is 1. The predicted molar refractivity (Wildman–Crippen MR) is 91.8 cm³/mol. The van der Waals surface area contributed by atoms with E-state index in [0.29, 0.717) is 5.76 Å². The normalized spacial score (nSPS) is 13.3. The average molecular weight is 356 g/mol. The molecule has 0 fully saturated rings. The summed E-state index contributed by atoms with van der Waals surface area (Å²) in [6.07, 6.45) is 1.46. The van der Waals surface area contributed by atoms with Crippen LogP contribution in [0.25, 0.3) is 22.5 Å². The van der Waals surface area contributed by atoms with E-state index >= 15 is 0 Å². The van der Waals surface area contributed by atoms with Crippen LogP contribution in [0.3, 0.4) is 0 Å². The third-order valence-electron chi connectivity index (χ3n) is 4.18. The van der Waals surface area contributed by atoms with Crippen LogP contribution in [0.5, 0.6) is 0 Å². The Hall–Kier alpha value is -3.35. The number of carbonyl (C=O) groups excluding carboxylic acids is 1. The third kappa shape index (κ3) is 2.77. The molecule has 1 N–H and O–H groups in total. The van der Waals surface area contributed by atoms with Gasteiger partial charge in [0.25, 0.3) is 0 Å². The van der Waals surface area contributed by atoms with Crippen molar-refractivity contribution >= 4 is 22.9 Å². The van der Waals surface area contributed by atoms with Crippen LogP contribution in [-0.2, 0) is 19.7 Å².